The van der Waals surface area contributed by atoms with Gasteiger partial charge in [-0.15, -0.1) is 0 Å². The van der Waals surface area contributed by atoms with E-state index in [1.807, 2.05) is 37.3 Å². The van der Waals surface area contributed by atoms with E-state index >= 15 is 0 Å². The first-order chi connectivity index (χ1) is 15.0. The maximum atomic E-state index is 13.3. The van der Waals surface area contributed by atoms with Gasteiger partial charge in [-0.3, -0.25) is 4.79 Å². The van der Waals surface area contributed by atoms with Gasteiger partial charge in [-0.1, -0.05) is 24.6 Å². The van der Waals surface area contributed by atoms with Crippen LogP contribution in [0.15, 0.2) is 47.4 Å². The number of amides is 1. The van der Waals surface area contributed by atoms with Crippen molar-refractivity contribution in [1.82, 2.24) is 4.31 Å². The molecule has 0 radical (unpaired) electrons. The zero-order chi connectivity index (χ0) is 21.8. The Labute approximate surface area is 185 Å². The second-order valence-electron chi connectivity index (χ2n) is 8.46. The third-order valence-electron chi connectivity index (χ3n) is 6.26. The van der Waals surface area contributed by atoms with Gasteiger partial charge in [0.25, 0.3) is 5.91 Å². The Kier molecular flexibility index (Phi) is 6.62. The first-order valence-corrected chi connectivity index (χ1v) is 12.7. The Hall–Kier alpha value is -2.38. The summed E-state index contributed by atoms with van der Waals surface area (Å²) in [6.07, 6.45) is 6.16. The third-order valence-corrected chi connectivity index (χ3v) is 8.15. The summed E-state index contributed by atoms with van der Waals surface area (Å²) in [5, 5.41) is 2.99. The van der Waals surface area contributed by atoms with E-state index in [0.717, 1.165) is 62.1 Å². The highest BCUT2D eigenvalue weighted by atomic mass is 32.2. The van der Waals surface area contributed by atoms with E-state index in [0.29, 0.717) is 18.7 Å². The largest absolute Gasteiger partial charge is 0.371 e. The minimum Gasteiger partial charge on any atom is -0.371 e. The SMILES string of the molecule is Cc1ccccc1NC(=O)c1cc(S(=O)(=O)N2CCCCC2)ccc1N1CCCCC1. The molecule has 0 unspecified atom stereocenters. The highest BCUT2D eigenvalue weighted by molar-refractivity contribution is 7.89. The molecule has 0 aromatic heterocycles. The van der Waals surface area contributed by atoms with E-state index < -0.39 is 10.0 Å². The lowest BCUT2D eigenvalue weighted by Crippen LogP contribution is -2.36. The first-order valence-electron chi connectivity index (χ1n) is 11.2. The lowest BCUT2D eigenvalue weighted by atomic mass is 10.1. The first kappa shape index (κ1) is 21.8. The fourth-order valence-corrected chi connectivity index (χ4v) is 5.97. The van der Waals surface area contributed by atoms with E-state index in [2.05, 4.69) is 10.2 Å². The molecule has 2 aromatic carbocycles. The van der Waals surface area contributed by atoms with Crippen molar-refractivity contribution in [2.24, 2.45) is 0 Å². The van der Waals surface area contributed by atoms with Crippen molar-refractivity contribution >= 4 is 27.3 Å². The maximum Gasteiger partial charge on any atom is 0.257 e. The van der Waals surface area contributed by atoms with Crippen LogP contribution < -0.4 is 10.2 Å². The number of benzene rings is 2. The van der Waals surface area contributed by atoms with E-state index in [1.54, 1.807) is 16.4 Å². The number of sulfonamides is 1. The lowest BCUT2D eigenvalue weighted by molar-refractivity contribution is 0.102. The van der Waals surface area contributed by atoms with Gasteiger partial charge in [0.1, 0.15) is 0 Å². The Balaban J connectivity index is 1.71. The molecule has 1 amide bonds. The Morgan fingerprint density at radius 2 is 1.52 bits per heavy atom. The van der Waals surface area contributed by atoms with Crippen LogP contribution in [-0.2, 0) is 10.0 Å². The van der Waals surface area contributed by atoms with Crippen molar-refractivity contribution in [3.8, 4) is 0 Å². The summed E-state index contributed by atoms with van der Waals surface area (Å²) in [4.78, 5) is 15.7. The van der Waals surface area contributed by atoms with Gasteiger partial charge in [0.15, 0.2) is 0 Å². The quantitative estimate of drug-likeness (QED) is 0.746. The number of piperidine rings is 2. The molecule has 2 aliphatic heterocycles. The van der Waals surface area contributed by atoms with Gasteiger partial charge in [-0.25, -0.2) is 8.42 Å². The van der Waals surface area contributed by atoms with Crippen molar-refractivity contribution in [2.45, 2.75) is 50.3 Å². The summed E-state index contributed by atoms with van der Waals surface area (Å²) in [6, 6.07) is 12.7. The minimum atomic E-state index is -3.61. The molecule has 4 rings (SSSR count). The Morgan fingerprint density at radius 3 is 2.19 bits per heavy atom. The third kappa shape index (κ3) is 4.77. The number of carbonyl (C=O) groups excluding carboxylic acids is 1. The predicted octanol–water partition coefficient (Wildman–Crippen LogP) is 4.41. The van der Waals surface area contributed by atoms with E-state index in [4.69, 9.17) is 0 Å². The molecule has 2 saturated heterocycles. The summed E-state index contributed by atoms with van der Waals surface area (Å²) >= 11 is 0. The summed E-state index contributed by atoms with van der Waals surface area (Å²) in [5.74, 6) is -0.273. The standard InChI is InChI=1S/C24H31N3O3S/c1-19-10-4-5-11-22(19)25-24(28)21-18-20(31(29,30)27-16-8-3-9-17-27)12-13-23(21)26-14-6-2-7-15-26/h4-5,10-13,18H,2-3,6-9,14-17H2,1H3,(H,25,28). The highest BCUT2D eigenvalue weighted by Gasteiger charge is 2.28. The van der Waals surface area contributed by atoms with Crippen molar-refractivity contribution < 1.29 is 13.2 Å². The molecule has 2 heterocycles. The average molecular weight is 442 g/mol. The highest BCUT2D eigenvalue weighted by Crippen LogP contribution is 2.30. The molecular weight excluding hydrogens is 410 g/mol. The van der Waals surface area contributed by atoms with Crippen LogP contribution in [0.5, 0.6) is 0 Å². The van der Waals surface area contributed by atoms with Gasteiger partial charge in [0.05, 0.1) is 10.5 Å². The summed E-state index contributed by atoms with van der Waals surface area (Å²) in [5.41, 5.74) is 2.93. The van der Waals surface area contributed by atoms with E-state index in [1.165, 1.54) is 6.42 Å². The van der Waals surface area contributed by atoms with E-state index in [-0.39, 0.29) is 10.8 Å². The monoisotopic (exact) mass is 441 g/mol. The topological polar surface area (TPSA) is 69.7 Å². The van der Waals surface area contributed by atoms with Crippen molar-refractivity contribution in [3.05, 3.63) is 53.6 Å². The number of rotatable bonds is 5. The molecule has 0 spiro atoms. The molecule has 2 aliphatic rings. The molecule has 2 fully saturated rings. The van der Waals surface area contributed by atoms with Crippen LogP contribution in [0, 0.1) is 6.92 Å². The Bertz CT molecular complexity index is 1040. The summed E-state index contributed by atoms with van der Waals surface area (Å²) in [6.45, 7) is 4.78. The number of nitrogens with zero attached hydrogens (tertiary/aromatic N) is 2. The van der Waals surface area contributed by atoms with Crippen molar-refractivity contribution in [3.63, 3.8) is 0 Å². The van der Waals surface area contributed by atoms with Crippen LogP contribution in [0.1, 0.15) is 54.4 Å². The molecular formula is C24H31N3O3S. The van der Waals surface area contributed by atoms with Gasteiger partial charge in [-0.2, -0.15) is 4.31 Å². The van der Waals surface area contributed by atoms with Crippen molar-refractivity contribution in [2.75, 3.05) is 36.4 Å². The predicted molar refractivity (Wildman–Crippen MR) is 124 cm³/mol. The molecule has 0 bridgehead atoms. The zero-order valence-electron chi connectivity index (χ0n) is 18.1. The molecule has 0 aliphatic carbocycles. The van der Waals surface area contributed by atoms with Crippen LogP contribution in [-0.4, -0.2) is 44.8 Å². The van der Waals surface area contributed by atoms with Crippen LogP contribution in [0.2, 0.25) is 0 Å². The molecule has 1 N–H and O–H groups in total. The van der Waals surface area contributed by atoms with Gasteiger partial charge in [0.2, 0.25) is 10.0 Å². The van der Waals surface area contributed by atoms with Gasteiger partial charge in [0, 0.05) is 37.6 Å². The van der Waals surface area contributed by atoms with Gasteiger partial charge >= 0.3 is 0 Å². The smallest absolute Gasteiger partial charge is 0.257 e. The fourth-order valence-electron chi connectivity index (χ4n) is 4.43. The van der Waals surface area contributed by atoms with Crippen molar-refractivity contribution in [1.29, 1.82) is 0 Å². The Morgan fingerprint density at radius 1 is 0.871 bits per heavy atom. The number of carbonyl (C=O) groups is 1. The normalized spacial score (nSPS) is 18.0. The minimum absolute atomic E-state index is 0.199. The van der Waals surface area contributed by atoms with Crippen LogP contribution in [0.3, 0.4) is 0 Å². The maximum absolute atomic E-state index is 13.3. The number of para-hydroxylation sites is 1. The molecule has 2 aromatic rings. The average Bonchev–Trinajstić information content (AvgIpc) is 2.81. The number of hydrogen-bond acceptors (Lipinski definition) is 4. The summed E-state index contributed by atoms with van der Waals surface area (Å²) in [7, 11) is -3.61. The lowest BCUT2D eigenvalue weighted by Gasteiger charge is -2.31. The molecule has 0 saturated carbocycles. The molecule has 0 atom stereocenters. The van der Waals surface area contributed by atoms with E-state index in [9.17, 15) is 13.2 Å². The zero-order valence-corrected chi connectivity index (χ0v) is 19.0. The van der Waals surface area contributed by atoms with Gasteiger partial charge < -0.3 is 10.2 Å². The second-order valence-corrected chi connectivity index (χ2v) is 10.4. The molecule has 7 heteroatoms. The number of aryl methyl sites for hydroxylation is 1. The second kappa shape index (κ2) is 9.40. The van der Waals surface area contributed by atoms with Gasteiger partial charge in [-0.05, 0) is 68.9 Å². The summed E-state index contributed by atoms with van der Waals surface area (Å²) < 4.78 is 28.0. The van der Waals surface area contributed by atoms with Crippen LogP contribution in [0.25, 0.3) is 0 Å². The number of hydrogen-bond donors (Lipinski definition) is 1. The number of anilines is 2. The van der Waals surface area contributed by atoms with Crippen LogP contribution in [0.4, 0.5) is 11.4 Å². The van der Waals surface area contributed by atoms with Crippen LogP contribution >= 0.6 is 0 Å². The molecule has 6 nitrogen and oxygen atoms in total. The molecule has 166 valence electrons. The fraction of sp³-hybridized carbons (Fsp3) is 0.458. The number of nitrogens with one attached hydrogen (secondary N) is 1. The molecule has 31 heavy (non-hydrogen) atoms.